The number of benzene rings is 1. The van der Waals surface area contributed by atoms with Crippen LogP contribution in [0.5, 0.6) is 0 Å². The third-order valence-electron chi connectivity index (χ3n) is 4.07. The van der Waals surface area contributed by atoms with E-state index in [1.165, 1.54) is 0 Å². The second kappa shape index (κ2) is 10.4. The molecule has 1 atom stereocenters. The van der Waals surface area contributed by atoms with Crippen molar-refractivity contribution in [3.8, 4) is 0 Å². The van der Waals surface area contributed by atoms with Gasteiger partial charge in [0.25, 0.3) is 5.91 Å². The topological polar surface area (TPSA) is 59.2 Å². The van der Waals surface area contributed by atoms with Crippen LogP contribution < -0.4 is 5.73 Å². The smallest absolute Gasteiger partial charge is 0.254 e. The summed E-state index contributed by atoms with van der Waals surface area (Å²) in [6.07, 6.45) is 1.01. The normalized spacial score (nSPS) is 16.2. The largest absolute Gasteiger partial charge is 0.338 e. The number of nitrogens with zero attached hydrogens (tertiary/aromatic N) is 2. The van der Waals surface area contributed by atoms with Gasteiger partial charge in [-0.25, -0.2) is 4.98 Å². The Morgan fingerprint density at radius 1 is 1.40 bits per heavy atom. The lowest BCUT2D eigenvalue weighted by Crippen LogP contribution is -2.30. The van der Waals surface area contributed by atoms with Crippen LogP contribution in [-0.4, -0.2) is 35.4 Å². The van der Waals surface area contributed by atoms with E-state index >= 15 is 0 Å². The number of hydrogen-bond acceptors (Lipinski definition) is 5. The predicted molar refractivity (Wildman–Crippen MR) is 110 cm³/mol. The second-order valence-corrected chi connectivity index (χ2v) is 7.86. The van der Waals surface area contributed by atoms with Gasteiger partial charge in [0.1, 0.15) is 0 Å². The Balaban J connectivity index is 0.00000156. The van der Waals surface area contributed by atoms with Crippen molar-refractivity contribution in [2.75, 3.05) is 19.6 Å². The first-order valence-corrected chi connectivity index (χ1v) is 9.66. The van der Waals surface area contributed by atoms with Crippen LogP contribution in [0.1, 0.15) is 27.5 Å². The zero-order valence-electron chi connectivity index (χ0n) is 14.0. The molecular weight excluding hydrogens is 397 g/mol. The van der Waals surface area contributed by atoms with E-state index in [0.29, 0.717) is 12.5 Å². The molecule has 0 bridgehead atoms. The highest BCUT2D eigenvalue weighted by Crippen LogP contribution is 2.29. The van der Waals surface area contributed by atoms with E-state index in [-0.39, 0.29) is 30.7 Å². The van der Waals surface area contributed by atoms with Gasteiger partial charge < -0.3 is 10.6 Å². The fraction of sp³-hybridized carbons (Fsp3) is 0.412. The zero-order valence-corrected chi connectivity index (χ0v) is 17.3. The first kappa shape index (κ1) is 22.3. The van der Waals surface area contributed by atoms with Crippen LogP contribution in [0.4, 0.5) is 0 Å². The highest BCUT2D eigenvalue weighted by atomic mass is 35.5. The van der Waals surface area contributed by atoms with Gasteiger partial charge in [-0.2, -0.15) is 0 Å². The lowest BCUT2D eigenvalue weighted by atomic mass is 10.1. The van der Waals surface area contributed by atoms with Gasteiger partial charge in [-0.3, -0.25) is 4.79 Å². The molecule has 4 nitrogen and oxygen atoms in total. The Morgan fingerprint density at radius 2 is 2.16 bits per heavy atom. The van der Waals surface area contributed by atoms with E-state index in [9.17, 15) is 4.79 Å². The number of thioether (sulfide) groups is 1. The minimum Gasteiger partial charge on any atom is -0.338 e. The fourth-order valence-electron chi connectivity index (χ4n) is 2.78. The van der Waals surface area contributed by atoms with Crippen LogP contribution in [0.25, 0.3) is 0 Å². The Hall–Kier alpha value is -0.790. The van der Waals surface area contributed by atoms with E-state index in [4.69, 9.17) is 5.73 Å². The highest BCUT2D eigenvalue weighted by Gasteiger charge is 2.27. The summed E-state index contributed by atoms with van der Waals surface area (Å²) < 4.78 is 0. The summed E-state index contributed by atoms with van der Waals surface area (Å²) in [6.45, 7) is 4.26. The Labute approximate surface area is 169 Å². The maximum absolute atomic E-state index is 12.8. The van der Waals surface area contributed by atoms with Gasteiger partial charge in [0.05, 0.1) is 16.3 Å². The van der Waals surface area contributed by atoms with E-state index in [0.717, 1.165) is 46.4 Å². The fourth-order valence-corrected chi connectivity index (χ4v) is 4.43. The minimum absolute atomic E-state index is 0. The first-order valence-electron chi connectivity index (χ1n) is 7.79. The highest BCUT2D eigenvalue weighted by molar-refractivity contribution is 7.98. The van der Waals surface area contributed by atoms with Crippen molar-refractivity contribution in [1.29, 1.82) is 0 Å². The van der Waals surface area contributed by atoms with Crippen molar-refractivity contribution in [3.05, 3.63) is 45.9 Å². The summed E-state index contributed by atoms with van der Waals surface area (Å²) >= 11 is 3.34. The molecule has 138 valence electrons. The number of carbonyl (C=O) groups excluding carboxylic acids is 1. The van der Waals surface area contributed by atoms with Gasteiger partial charge in [0.15, 0.2) is 0 Å². The lowest BCUT2D eigenvalue weighted by molar-refractivity contribution is 0.0784. The van der Waals surface area contributed by atoms with Gasteiger partial charge in [-0.1, -0.05) is 12.1 Å². The lowest BCUT2D eigenvalue weighted by Gasteiger charge is -2.18. The van der Waals surface area contributed by atoms with E-state index in [2.05, 4.69) is 10.4 Å². The number of aryl methyl sites for hydroxylation is 1. The van der Waals surface area contributed by atoms with E-state index in [1.807, 2.05) is 36.1 Å². The minimum atomic E-state index is 0. The molecule has 1 aromatic carbocycles. The summed E-state index contributed by atoms with van der Waals surface area (Å²) in [5, 5.41) is 3.16. The molecule has 1 saturated heterocycles. The van der Waals surface area contributed by atoms with Crippen molar-refractivity contribution < 1.29 is 4.79 Å². The van der Waals surface area contributed by atoms with Crippen LogP contribution in [0.3, 0.4) is 0 Å². The molecule has 0 aliphatic carbocycles. The van der Waals surface area contributed by atoms with E-state index < -0.39 is 0 Å². The molecule has 0 radical (unpaired) electrons. The number of thiazole rings is 1. The number of rotatable bonds is 5. The number of halogens is 2. The predicted octanol–water partition coefficient (Wildman–Crippen LogP) is 4.01. The van der Waals surface area contributed by atoms with Gasteiger partial charge >= 0.3 is 0 Å². The second-order valence-electron chi connectivity index (χ2n) is 5.78. The number of aromatic nitrogens is 1. The molecule has 2 heterocycles. The van der Waals surface area contributed by atoms with Crippen molar-refractivity contribution in [2.45, 2.75) is 24.0 Å². The van der Waals surface area contributed by atoms with Gasteiger partial charge in [0, 0.05) is 29.1 Å². The quantitative estimate of drug-likeness (QED) is 0.743. The molecule has 3 rings (SSSR count). The SMILES string of the molecule is Cc1nc(CSc2ccccc2C(=O)N2CCC(CN)C2)cs1.Cl.Cl. The molecule has 1 amide bonds. The molecular formula is C17H23Cl2N3OS2. The maximum atomic E-state index is 12.8. The van der Waals surface area contributed by atoms with Crippen LogP contribution >= 0.6 is 47.9 Å². The maximum Gasteiger partial charge on any atom is 0.254 e. The Bertz CT molecular complexity index is 696. The molecule has 1 aliphatic rings. The summed E-state index contributed by atoms with van der Waals surface area (Å²) in [5.74, 6) is 1.36. The molecule has 0 saturated carbocycles. The van der Waals surface area contributed by atoms with Gasteiger partial charge in [-0.05, 0) is 37.9 Å². The number of carbonyl (C=O) groups is 1. The molecule has 1 unspecified atom stereocenters. The third-order valence-corrected chi connectivity index (χ3v) is 6.00. The van der Waals surface area contributed by atoms with Crippen LogP contribution in [0.2, 0.25) is 0 Å². The molecule has 0 spiro atoms. The van der Waals surface area contributed by atoms with Crippen LogP contribution in [0.15, 0.2) is 34.5 Å². The van der Waals surface area contributed by atoms with Crippen LogP contribution in [0, 0.1) is 12.8 Å². The molecule has 1 aromatic heterocycles. The van der Waals surface area contributed by atoms with Crippen molar-refractivity contribution in [2.24, 2.45) is 11.7 Å². The summed E-state index contributed by atoms with van der Waals surface area (Å²) in [4.78, 5) is 20.3. The zero-order chi connectivity index (χ0) is 16.2. The standard InChI is InChI=1S/C17H21N3OS2.2ClH/c1-12-19-14(10-22-12)11-23-16-5-3-2-4-15(16)17(21)20-7-6-13(8-18)9-20;;/h2-5,10,13H,6-9,11,18H2,1H3;2*1H. The average Bonchev–Trinajstić information content (AvgIpc) is 3.21. The monoisotopic (exact) mass is 419 g/mol. The number of likely N-dealkylation sites (tertiary alicyclic amines) is 1. The molecule has 2 aromatic rings. The van der Waals surface area contributed by atoms with Gasteiger partial charge in [0.2, 0.25) is 0 Å². The summed E-state index contributed by atoms with van der Waals surface area (Å²) in [6, 6.07) is 7.86. The number of nitrogens with two attached hydrogens (primary N) is 1. The van der Waals surface area contributed by atoms with Crippen molar-refractivity contribution in [3.63, 3.8) is 0 Å². The first-order chi connectivity index (χ1) is 11.2. The Kier molecular flexibility index (Phi) is 9.24. The summed E-state index contributed by atoms with van der Waals surface area (Å²) in [7, 11) is 0. The third kappa shape index (κ3) is 5.59. The molecule has 25 heavy (non-hydrogen) atoms. The summed E-state index contributed by atoms with van der Waals surface area (Å²) in [5.41, 5.74) is 7.60. The molecule has 1 fully saturated rings. The molecule has 2 N–H and O–H groups in total. The van der Waals surface area contributed by atoms with Gasteiger partial charge in [-0.15, -0.1) is 47.9 Å². The molecule has 1 aliphatic heterocycles. The number of hydrogen-bond donors (Lipinski definition) is 1. The van der Waals surface area contributed by atoms with E-state index in [1.54, 1.807) is 23.1 Å². The van der Waals surface area contributed by atoms with Crippen molar-refractivity contribution in [1.82, 2.24) is 9.88 Å². The van der Waals surface area contributed by atoms with Crippen molar-refractivity contribution >= 4 is 53.8 Å². The van der Waals surface area contributed by atoms with Crippen LogP contribution in [-0.2, 0) is 5.75 Å². The Morgan fingerprint density at radius 3 is 2.80 bits per heavy atom. The number of amides is 1. The molecule has 8 heteroatoms. The average molecular weight is 420 g/mol.